The van der Waals surface area contributed by atoms with E-state index in [0.29, 0.717) is 21.7 Å². The van der Waals surface area contributed by atoms with Crippen molar-refractivity contribution in [3.8, 4) is 0 Å². The number of halogens is 1. The summed E-state index contributed by atoms with van der Waals surface area (Å²) in [5.74, 6) is -3.92. The van der Waals surface area contributed by atoms with E-state index in [1.807, 2.05) is 0 Å². The van der Waals surface area contributed by atoms with Gasteiger partial charge in [0.05, 0.1) is 28.5 Å². The van der Waals surface area contributed by atoms with Crippen LogP contribution in [0.5, 0.6) is 0 Å². The van der Waals surface area contributed by atoms with Crippen LogP contribution in [0, 0.1) is 22.0 Å². The SMILES string of the molecule is O=C(C1=C[C@H]2[C@H]3C(=O)N(c4cccc([N+](=O)[O-])c4)C(=O)[C@@H]3[C@H](C(=O)c3ccc(Cl)cc3)N2C=C1)c1ccccc1. The lowest BCUT2D eigenvalue weighted by Gasteiger charge is -2.32. The third kappa shape index (κ3) is 4.02. The number of carbonyl (C=O) groups is 4. The van der Waals surface area contributed by atoms with Gasteiger partial charge in [0.25, 0.3) is 5.69 Å². The minimum atomic E-state index is -1.08. The van der Waals surface area contributed by atoms with Gasteiger partial charge < -0.3 is 4.90 Å². The van der Waals surface area contributed by atoms with E-state index >= 15 is 0 Å². The average molecular weight is 554 g/mol. The molecule has 0 N–H and O–H groups in total. The quantitative estimate of drug-likeness (QED) is 0.189. The third-order valence-corrected chi connectivity index (χ3v) is 7.79. The van der Waals surface area contributed by atoms with Crippen LogP contribution in [-0.4, -0.2) is 45.3 Å². The first-order valence-electron chi connectivity index (χ1n) is 12.5. The van der Waals surface area contributed by atoms with Crippen LogP contribution in [0.25, 0.3) is 0 Å². The van der Waals surface area contributed by atoms with Gasteiger partial charge in [0.1, 0.15) is 6.04 Å². The molecule has 2 amide bonds. The standard InChI is InChI=1S/C30H20ClN3O6/c31-20-11-9-18(10-12-20)28(36)26-25-24(29(37)33(30(25)38)21-7-4-8-22(16-21)34(39)40)23-15-19(13-14-32(23)26)27(35)17-5-2-1-3-6-17/h1-16,23-26H/t23-,24+,25-,26+/m0/s1. The molecule has 3 heterocycles. The van der Waals surface area contributed by atoms with Gasteiger partial charge in [-0.15, -0.1) is 0 Å². The van der Waals surface area contributed by atoms with Gasteiger partial charge in [0.15, 0.2) is 11.6 Å². The second-order valence-corrected chi connectivity index (χ2v) is 10.2. The number of allylic oxidation sites excluding steroid dienone is 2. The fourth-order valence-electron chi connectivity index (χ4n) is 5.74. The number of nitro groups is 1. The highest BCUT2D eigenvalue weighted by Gasteiger charge is 2.63. The molecule has 0 spiro atoms. The molecular formula is C30H20ClN3O6. The summed E-state index contributed by atoms with van der Waals surface area (Å²) in [6.45, 7) is 0. The number of amides is 2. The molecule has 40 heavy (non-hydrogen) atoms. The summed E-state index contributed by atoms with van der Waals surface area (Å²) in [6.07, 6.45) is 4.81. The number of non-ortho nitro benzene ring substituents is 1. The van der Waals surface area contributed by atoms with Crippen molar-refractivity contribution in [3.05, 3.63) is 129 Å². The topological polar surface area (TPSA) is 118 Å². The molecule has 0 unspecified atom stereocenters. The van der Waals surface area contributed by atoms with Gasteiger partial charge in [0, 0.05) is 40.1 Å². The minimum absolute atomic E-state index is 0.0544. The van der Waals surface area contributed by atoms with E-state index in [1.165, 1.54) is 18.2 Å². The zero-order chi connectivity index (χ0) is 28.1. The molecule has 3 aromatic carbocycles. The second kappa shape index (κ2) is 9.69. The van der Waals surface area contributed by atoms with Gasteiger partial charge in [-0.25, -0.2) is 4.90 Å². The summed E-state index contributed by atoms with van der Waals surface area (Å²) in [4.78, 5) is 68.2. The Hall–Kier alpha value is -4.89. The summed E-state index contributed by atoms with van der Waals surface area (Å²) in [6, 6.07) is 18.3. The highest BCUT2D eigenvalue weighted by molar-refractivity contribution is 6.30. The zero-order valence-corrected chi connectivity index (χ0v) is 21.5. The molecule has 3 aliphatic rings. The monoisotopic (exact) mass is 553 g/mol. The van der Waals surface area contributed by atoms with Gasteiger partial charge in [-0.1, -0.05) is 54.1 Å². The Labute approximate surface area is 233 Å². The molecular weight excluding hydrogens is 534 g/mol. The van der Waals surface area contributed by atoms with Crippen LogP contribution in [0.4, 0.5) is 11.4 Å². The Morgan fingerprint density at radius 2 is 1.55 bits per heavy atom. The van der Waals surface area contributed by atoms with Crippen molar-refractivity contribution in [2.24, 2.45) is 11.8 Å². The smallest absolute Gasteiger partial charge is 0.271 e. The van der Waals surface area contributed by atoms with Crippen molar-refractivity contribution in [1.29, 1.82) is 0 Å². The zero-order valence-electron chi connectivity index (χ0n) is 20.7. The molecule has 2 saturated heterocycles. The molecule has 0 bridgehead atoms. The Morgan fingerprint density at radius 3 is 2.25 bits per heavy atom. The van der Waals surface area contributed by atoms with Gasteiger partial charge in [-0.3, -0.25) is 29.3 Å². The Bertz CT molecular complexity index is 1650. The fraction of sp³-hybridized carbons (Fsp3) is 0.133. The van der Waals surface area contributed by atoms with Crippen LogP contribution in [0.2, 0.25) is 5.02 Å². The van der Waals surface area contributed by atoms with E-state index in [-0.39, 0.29) is 22.9 Å². The van der Waals surface area contributed by atoms with E-state index in [1.54, 1.807) is 77.8 Å². The number of nitrogens with zero attached hydrogens (tertiary/aromatic N) is 3. The number of Topliss-reactive ketones (excluding diaryl/α,β-unsaturated/α-hetero) is 2. The molecule has 2 fully saturated rings. The summed E-state index contributed by atoms with van der Waals surface area (Å²) in [5, 5.41) is 11.8. The van der Waals surface area contributed by atoms with E-state index in [0.717, 1.165) is 11.0 Å². The van der Waals surface area contributed by atoms with Crippen molar-refractivity contribution >= 4 is 46.4 Å². The van der Waals surface area contributed by atoms with Crippen LogP contribution in [0.1, 0.15) is 20.7 Å². The molecule has 3 aliphatic heterocycles. The van der Waals surface area contributed by atoms with E-state index in [4.69, 9.17) is 11.6 Å². The highest BCUT2D eigenvalue weighted by Crippen LogP contribution is 2.47. The first-order valence-corrected chi connectivity index (χ1v) is 12.8. The molecule has 4 atom stereocenters. The largest absolute Gasteiger partial charge is 0.359 e. The van der Waals surface area contributed by atoms with Crippen LogP contribution in [0.15, 0.2) is 103 Å². The van der Waals surface area contributed by atoms with Crippen LogP contribution in [0.3, 0.4) is 0 Å². The molecule has 0 aliphatic carbocycles. The molecule has 10 heteroatoms. The van der Waals surface area contributed by atoms with Gasteiger partial charge in [0.2, 0.25) is 11.8 Å². The lowest BCUT2D eigenvalue weighted by atomic mass is 9.85. The predicted octanol–water partition coefficient (Wildman–Crippen LogP) is 4.63. The first kappa shape index (κ1) is 25.4. The van der Waals surface area contributed by atoms with Crippen molar-refractivity contribution in [1.82, 2.24) is 4.90 Å². The summed E-state index contributed by atoms with van der Waals surface area (Å²) >= 11 is 6.01. The number of imide groups is 1. The molecule has 0 radical (unpaired) electrons. The Balaban J connectivity index is 1.44. The third-order valence-electron chi connectivity index (χ3n) is 7.54. The van der Waals surface area contributed by atoms with Gasteiger partial charge in [-0.2, -0.15) is 0 Å². The summed E-state index contributed by atoms with van der Waals surface area (Å²) in [7, 11) is 0. The number of carbonyl (C=O) groups excluding carboxylic acids is 4. The molecule has 0 saturated carbocycles. The maximum absolute atomic E-state index is 13.9. The van der Waals surface area contributed by atoms with Crippen LogP contribution < -0.4 is 4.90 Å². The number of hydrogen-bond donors (Lipinski definition) is 0. The summed E-state index contributed by atoms with van der Waals surface area (Å²) < 4.78 is 0. The first-order chi connectivity index (χ1) is 19.3. The van der Waals surface area contributed by atoms with Gasteiger partial charge in [-0.05, 0) is 36.4 Å². The summed E-state index contributed by atoms with van der Waals surface area (Å²) in [5.41, 5.74) is 0.883. The maximum Gasteiger partial charge on any atom is 0.271 e. The normalized spacial score (nSPS) is 23.1. The van der Waals surface area contributed by atoms with E-state index in [2.05, 4.69) is 0 Å². The molecule has 9 nitrogen and oxygen atoms in total. The van der Waals surface area contributed by atoms with Crippen LogP contribution >= 0.6 is 11.6 Å². The molecule has 6 rings (SSSR count). The number of ketones is 2. The lowest BCUT2D eigenvalue weighted by molar-refractivity contribution is -0.384. The number of rotatable bonds is 6. The average Bonchev–Trinajstić information content (AvgIpc) is 3.44. The van der Waals surface area contributed by atoms with Crippen molar-refractivity contribution in [2.45, 2.75) is 12.1 Å². The number of hydrogen-bond acceptors (Lipinski definition) is 7. The van der Waals surface area contributed by atoms with E-state index in [9.17, 15) is 29.3 Å². The van der Waals surface area contributed by atoms with Gasteiger partial charge >= 0.3 is 0 Å². The Morgan fingerprint density at radius 1 is 0.850 bits per heavy atom. The number of fused-ring (bicyclic) bond motifs is 3. The lowest BCUT2D eigenvalue weighted by Crippen LogP contribution is -2.46. The fourth-order valence-corrected chi connectivity index (χ4v) is 5.87. The minimum Gasteiger partial charge on any atom is -0.359 e. The molecule has 198 valence electrons. The van der Waals surface area contributed by atoms with Crippen LogP contribution in [-0.2, 0) is 9.59 Å². The Kier molecular flexibility index (Phi) is 6.15. The van der Waals surface area contributed by atoms with Crippen molar-refractivity contribution in [3.63, 3.8) is 0 Å². The number of nitro benzene ring substituents is 1. The predicted molar refractivity (Wildman–Crippen MR) is 146 cm³/mol. The molecule has 0 aromatic heterocycles. The molecule has 3 aromatic rings. The number of anilines is 1. The van der Waals surface area contributed by atoms with Crippen molar-refractivity contribution < 1.29 is 24.1 Å². The van der Waals surface area contributed by atoms with E-state index < -0.39 is 40.7 Å². The second-order valence-electron chi connectivity index (χ2n) is 9.73. The van der Waals surface area contributed by atoms with Crippen molar-refractivity contribution in [2.75, 3.05) is 4.90 Å². The maximum atomic E-state index is 13.9. The number of benzene rings is 3. The highest BCUT2D eigenvalue weighted by atomic mass is 35.5.